The number of hydrazone groups is 1. The van der Waals surface area contributed by atoms with Gasteiger partial charge in [0.15, 0.2) is 0 Å². The van der Waals surface area contributed by atoms with Crippen LogP contribution in [0, 0.1) is 6.92 Å². The van der Waals surface area contributed by atoms with Crippen molar-refractivity contribution in [2.45, 2.75) is 6.92 Å². The monoisotopic (exact) mass is 314 g/mol. The summed E-state index contributed by atoms with van der Waals surface area (Å²) in [4.78, 5) is 12.1. The average Bonchev–Trinajstić information content (AvgIpc) is 2.64. The second-order valence-electron chi connectivity index (χ2n) is 5.50. The van der Waals surface area contributed by atoms with E-state index in [1.54, 1.807) is 18.3 Å². The maximum Gasteiger partial charge on any atom is 0.271 e. The van der Waals surface area contributed by atoms with E-state index >= 15 is 0 Å². The number of hydrogen-bond donors (Lipinski definition) is 1. The Labute approximate surface area is 141 Å². The van der Waals surface area contributed by atoms with Crippen molar-refractivity contribution in [3.05, 3.63) is 95.6 Å². The number of hydrogen-bond acceptors (Lipinski definition) is 2. The van der Waals surface area contributed by atoms with Crippen LogP contribution >= 0.6 is 0 Å². The fourth-order valence-electron chi connectivity index (χ4n) is 2.40. The molecule has 0 heterocycles. The highest BCUT2D eigenvalue weighted by Gasteiger charge is 2.04. The van der Waals surface area contributed by atoms with Gasteiger partial charge in [0.05, 0.1) is 6.21 Å². The smallest absolute Gasteiger partial charge is 0.267 e. The van der Waals surface area contributed by atoms with E-state index in [1.165, 1.54) is 0 Å². The molecule has 3 aromatic carbocycles. The molecular formula is C21H18N2O. The first-order chi connectivity index (χ1) is 11.7. The van der Waals surface area contributed by atoms with Gasteiger partial charge in [0, 0.05) is 5.56 Å². The van der Waals surface area contributed by atoms with Crippen LogP contribution in [-0.4, -0.2) is 12.1 Å². The Morgan fingerprint density at radius 1 is 0.833 bits per heavy atom. The lowest BCUT2D eigenvalue weighted by Crippen LogP contribution is -2.17. The summed E-state index contributed by atoms with van der Waals surface area (Å²) < 4.78 is 0. The van der Waals surface area contributed by atoms with Gasteiger partial charge in [-0.3, -0.25) is 4.79 Å². The standard InChI is InChI=1S/C21H18N2O/c1-16-7-5-6-10-20(16)15-22-23-21(24)19-13-11-18(12-14-19)17-8-3-2-4-9-17/h2-15H,1H3,(H,23,24). The zero-order chi connectivity index (χ0) is 16.8. The number of rotatable bonds is 4. The summed E-state index contributed by atoms with van der Waals surface area (Å²) in [6, 6.07) is 25.4. The first-order valence-electron chi connectivity index (χ1n) is 7.78. The van der Waals surface area contributed by atoms with E-state index in [0.717, 1.165) is 22.3 Å². The molecule has 1 N–H and O–H groups in total. The van der Waals surface area contributed by atoms with Crippen molar-refractivity contribution in [1.82, 2.24) is 5.43 Å². The Hall–Kier alpha value is -3.20. The summed E-state index contributed by atoms with van der Waals surface area (Å²) in [6.45, 7) is 2.01. The van der Waals surface area contributed by atoms with E-state index < -0.39 is 0 Å². The first kappa shape index (κ1) is 15.7. The van der Waals surface area contributed by atoms with E-state index in [1.807, 2.05) is 73.7 Å². The van der Waals surface area contributed by atoms with Crippen molar-refractivity contribution in [3.8, 4) is 11.1 Å². The van der Waals surface area contributed by atoms with Crippen LogP contribution in [0.15, 0.2) is 84.0 Å². The fraction of sp³-hybridized carbons (Fsp3) is 0.0476. The van der Waals surface area contributed by atoms with Crippen molar-refractivity contribution in [2.24, 2.45) is 5.10 Å². The largest absolute Gasteiger partial charge is 0.271 e. The van der Waals surface area contributed by atoms with Gasteiger partial charge in [-0.1, -0.05) is 66.7 Å². The summed E-state index contributed by atoms with van der Waals surface area (Å²) in [6.07, 6.45) is 1.66. The average molecular weight is 314 g/mol. The number of aryl methyl sites for hydroxylation is 1. The molecule has 0 radical (unpaired) electrons. The molecule has 3 aromatic rings. The van der Waals surface area contributed by atoms with E-state index in [-0.39, 0.29) is 5.91 Å². The quantitative estimate of drug-likeness (QED) is 0.562. The number of amides is 1. The van der Waals surface area contributed by atoms with Crippen LogP contribution in [-0.2, 0) is 0 Å². The summed E-state index contributed by atoms with van der Waals surface area (Å²) in [5.41, 5.74) is 7.45. The Balaban J connectivity index is 1.66. The molecule has 0 aliphatic rings. The van der Waals surface area contributed by atoms with E-state index in [0.29, 0.717) is 5.56 Å². The number of carbonyl (C=O) groups is 1. The van der Waals surface area contributed by atoms with Gasteiger partial charge in [-0.15, -0.1) is 0 Å². The molecule has 0 aliphatic heterocycles. The van der Waals surface area contributed by atoms with Gasteiger partial charge in [0.25, 0.3) is 5.91 Å². The Kier molecular flexibility index (Phi) is 4.82. The topological polar surface area (TPSA) is 41.5 Å². The van der Waals surface area contributed by atoms with E-state index in [4.69, 9.17) is 0 Å². The number of nitrogens with one attached hydrogen (secondary N) is 1. The van der Waals surface area contributed by atoms with Crippen molar-refractivity contribution in [3.63, 3.8) is 0 Å². The Bertz CT molecular complexity index is 853. The van der Waals surface area contributed by atoms with Crippen molar-refractivity contribution >= 4 is 12.1 Å². The summed E-state index contributed by atoms with van der Waals surface area (Å²) in [7, 11) is 0. The Morgan fingerprint density at radius 2 is 1.46 bits per heavy atom. The lowest BCUT2D eigenvalue weighted by Gasteiger charge is -2.04. The normalized spacial score (nSPS) is 10.7. The Morgan fingerprint density at radius 3 is 2.17 bits per heavy atom. The second-order valence-corrected chi connectivity index (χ2v) is 5.50. The molecule has 0 bridgehead atoms. The van der Waals surface area contributed by atoms with Gasteiger partial charge in [-0.05, 0) is 41.3 Å². The zero-order valence-corrected chi connectivity index (χ0v) is 13.4. The summed E-state index contributed by atoms with van der Waals surface area (Å²) in [5.74, 6) is -0.223. The van der Waals surface area contributed by atoms with Gasteiger partial charge >= 0.3 is 0 Å². The molecule has 0 fully saturated rings. The highest BCUT2D eigenvalue weighted by molar-refractivity contribution is 5.95. The number of benzene rings is 3. The van der Waals surface area contributed by atoms with E-state index in [9.17, 15) is 4.79 Å². The highest BCUT2D eigenvalue weighted by atomic mass is 16.2. The lowest BCUT2D eigenvalue weighted by molar-refractivity contribution is 0.0955. The summed E-state index contributed by atoms with van der Waals surface area (Å²) in [5, 5.41) is 4.03. The minimum absolute atomic E-state index is 0.223. The van der Waals surface area contributed by atoms with Crippen molar-refractivity contribution < 1.29 is 4.79 Å². The molecule has 3 heteroatoms. The molecular weight excluding hydrogens is 296 g/mol. The minimum atomic E-state index is -0.223. The van der Waals surface area contributed by atoms with Gasteiger partial charge in [-0.25, -0.2) is 5.43 Å². The molecule has 24 heavy (non-hydrogen) atoms. The minimum Gasteiger partial charge on any atom is -0.267 e. The maximum absolute atomic E-state index is 12.1. The third-order valence-electron chi connectivity index (χ3n) is 3.81. The predicted octanol–water partition coefficient (Wildman–Crippen LogP) is 4.43. The second kappa shape index (κ2) is 7.38. The number of nitrogens with zero attached hydrogens (tertiary/aromatic N) is 1. The zero-order valence-electron chi connectivity index (χ0n) is 13.4. The third kappa shape index (κ3) is 3.76. The molecule has 0 unspecified atom stereocenters. The molecule has 0 aromatic heterocycles. The van der Waals surface area contributed by atoms with Gasteiger partial charge in [0.1, 0.15) is 0 Å². The van der Waals surface area contributed by atoms with E-state index in [2.05, 4.69) is 10.5 Å². The van der Waals surface area contributed by atoms with Crippen LogP contribution < -0.4 is 5.43 Å². The molecule has 0 spiro atoms. The van der Waals surface area contributed by atoms with Gasteiger partial charge < -0.3 is 0 Å². The predicted molar refractivity (Wildman–Crippen MR) is 98.1 cm³/mol. The lowest BCUT2D eigenvalue weighted by atomic mass is 10.0. The van der Waals surface area contributed by atoms with Crippen LogP contribution in [0.2, 0.25) is 0 Å². The van der Waals surface area contributed by atoms with Crippen molar-refractivity contribution in [2.75, 3.05) is 0 Å². The molecule has 0 aliphatic carbocycles. The van der Waals surface area contributed by atoms with Crippen LogP contribution in [0.3, 0.4) is 0 Å². The number of carbonyl (C=O) groups excluding carboxylic acids is 1. The molecule has 118 valence electrons. The van der Waals surface area contributed by atoms with Crippen LogP contribution in [0.1, 0.15) is 21.5 Å². The first-order valence-corrected chi connectivity index (χ1v) is 7.78. The molecule has 0 saturated heterocycles. The molecule has 3 nitrogen and oxygen atoms in total. The van der Waals surface area contributed by atoms with Gasteiger partial charge in [0.2, 0.25) is 0 Å². The van der Waals surface area contributed by atoms with Crippen molar-refractivity contribution in [1.29, 1.82) is 0 Å². The van der Waals surface area contributed by atoms with Crippen LogP contribution in [0.5, 0.6) is 0 Å². The fourth-order valence-corrected chi connectivity index (χ4v) is 2.40. The molecule has 3 rings (SSSR count). The maximum atomic E-state index is 12.1. The highest BCUT2D eigenvalue weighted by Crippen LogP contribution is 2.19. The molecule has 0 atom stereocenters. The molecule has 0 saturated carbocycles. The van der Waals surface area contributed by atoms with Crippen LogP contribution in [0.25, 0.3) is 11.1 Å². The molecule has 1 amide bonds. The summed E-state index contributed by atoms with van der Waals surface area (Å²) >= 11 is 0. The van der Waals surface area contributed by atoms with Crippen LogP contribution in [0.4, 0.5) is 0 Å². The SMILES string of the molecule is Cc1ccccc1C=NNC(=O)c1ccc(-c2ccccc2)cc1. The third-order valence-corrected chi connectivity index (χ3v) is 3.81. The van der Waals surface area contributed by atoms with Gasteiger partial charge in [-0.2, -0.15) is 5.10 Å².